The number of rotatable bonds is 7. The van der Waals surface area contributed by atoms with Gasteiger partial charge in [0.1, 0.15) is 17.1 Å². The van der Waals surface area contributed by atoms with E-state index in [9.17, 15) is 0 Å². The Kier molecular flexibility index (Phi) is 8.62. The molecule has 0 bridgehead atoms. The van der Waals surface area contributed by atoms with Crippen LogP contribution in [0.15, 0.2) is 52.1 Å². The lowest BCUT2D eigenvalue weighted by Crippen LogP contribution is -2.45. The van der Waals surface area contributed by atoms with Crippen LogP contribution in [-0.4, -0.2) is 38.4 Å². The van der Waals surface area contributed by atoms with E-state index in [2.05, 4.69) is 35.5 Å². The highest BCUT2D eigenvalue weighted by atomic mass is 127. The first-order chi connectivity index (χ1) is 13.1. The van der Waals surface area contributed by atoms with Crippen molar-refractivity contribution in [3.8, 4) is 5.75 Å². The molecule has 1 aliphatic rings. The van der Waals surface area contributed by atoms with E-state index in [4.69, 9.17) is 13.9 Å². The first-order valence-corrected chi connectivity index (χ1v) is 9.41. The van der Waals surface area contributed by atoms with Crippen molar-refractivity contribution in [2.75, 3.05) is 26.8 Å². The lowest BCUT2D eigenvalue weighted by atomic mass is 9.90. The average molecular weight is 499 g/mol. The van der Waals surface area contributed by atoms with Gasteiger partial charge < -0.3 is 24.5 Å². The number of furan rings is 1. The first-order valence-electron chi connectivity index (χ1n) is 9.41. The average Bonchev–Trinajstić information content (AvgIpc) is 3.14. The summed E-state index contributed by atoms with van der Waals surface area (Å²) in [4.78, 5) is 4.65. The SMILES string of the molecule is COCCN=C(NCCc1ccco1)NC1CC(C)(C)Oc2ccccc21.I. The molecular weight excluding hydrogens is 469 g/mol. The zero-order valence-corrected chi connectivity index (χ0v) is 19.1. The van der Waals surface area contributed by atoms with Crippen LogP contribution in [0, 0.1) is 0 Å². The van der Waals surface area contributed by atoms with Gasteiger partial charge in [0.15, 0.2) is 5.96 Å². The Labute approximate surface area is 184 Å². The number of para-hydroxylation sites is 1. The minimum atomic E-state index is -0.238. The maximum absolute atomic E-state index is 6.13. The van der Waals surface area contributed by atoms with Gasteiger partial charge in [-0.1, -0.05) is 18.2 Å². The number of methoxy groups -OCH3 is 1. The fraction of sp³-hybridized carbons (Fsp3) is 0.476. The van der Waals surface area contributed by atoms with Gasteiger partial charge in [0.25, 0.3) is 0 Å². The molecule has 1 atom stereocenters. The minimum absolute atomic E-state index is 0. The standard InChI is InChI=1S/C21H29N3O3.HI/c1-21(2)15-18(17-8-4-5-9-19(17)27-21)24-20(23-12-14-25-3)22-11-10-16-7-6-13-26-16;/h4-9,13,18H,10-12,14-15H2,1-3H3,(H2,22,23,24);1H. The molecule has 2 heterocycles. The van der Waals surface area contributed by atoms with Crippen molar-refractivity contribution >= 4 is 29.9 Å². The third kappa shape index (κ3) is 6.41. The number of aliphatic imine (C=N–C) groups is 1. The molecule has 1 aromatic carbocycles. The number of guanidine groups is 1. The van der Waals surface area contributed by atoms with Gasteiger partial charge in [0, 0.05) is 32.1 Å². The molecule has 1 unspecified atom stereocenters. The van der Waals surface area contributed by atoms with E-state index in [0.717, 1.165) is 42.4 Å². The van der Waals surface area contributed by atoms with Gasteiger partial charge in [-0.15, -0.1) is 24.0 Å². The normalized spacial score (nSPS) is 17.8. The summed E-state index contributed by atoms with van der Waals surface area (Å²) in [7, 11) is 1.68. The Morgan fingerprint density at radius 2 is 2.07 bits per heavy atom. The van der Waals surface area contributed by atoms with Crippen LogP contribution in [0.2, 0.25) is 0 Å². The van der Waals surface area contributed by atoms with Gasteiger partial charge in [-0.05, 0) is 32.0 Å². The van der Waals surface area contributed by atoms with Crippen molar-refractivity contribution in [1.29, 1.82) is 0 Å². The molecule has 3 rings (SSSR count). The Morgan fingerprint density at radius 3 is 2.82 bits per heavy atom. The van der Waals surface area contributed by atoms with Gasteiger partial charge in [-0.2, -0.15) is 0 Å². The maximum atomic E-state index is 6.13. The molecule has 28 heavy (non-hydrogen) atoms. The molecular formula is C21H30IN3O3. The summed E-state index contributed by atoms with van der Waals surface area (Å²) in [6, 6.07) is 12.2. The van der Waals surface area contributed by atoms with Crippen molar-refractivity contribution in [1.82, 2.24) is 10.6 Å². The molecule has 0 spiro atoms. The number of hydrogen-bond acceptors (Lipinski definition) is 4. The van der Waals surface area contributed by atoms with Crippen LogP contribution in [0.3, 0.4) is 0 Å². The molecule has 2 aromatic rings. The van der Waals surface area contributed by atoms with E-state index in [1.165, 1.54) is 0 Å². The van der Waals surface area contributed by atoms with Crippen LogP contribution in [0.1, 0.15) is 37.6 Å². The van der Waals surface area contributed by atoms with E-state index in [-0.39, 0.29) is 35.6 Å². The predicted molar refractivity (Wildman–Crippen MR) is 122 cm³/mol. The third-order valence-electron chi connectivity index (χ3n) is 4.50. The van der Waals surface area contributed by atoms with Gasteiger partial charge in [-0.25, -0.2) is 0 Å². The summed E-state index contributed by atoms with van der Waals surface area (Å²) < 4.78 is 16.7. The second-order valence-corrected chi connectivity index (χ2v) is 7.28. The van der Waals surface area contributed by atoms with Crippen LogP contribution in [0.25, 0.3) is 0 Å². The Hall–Kier alpha value is -1.74. The minimum Gasteiger partial charge on any atom is -0.487 e. The summed E-state index contributed by atoms with van der Waals surface area (Å²) in [5.41, 5.74) is 0.918. The number of nitrogens with zero attached hydrogens (tertiary/aromatic N) is 1. The molecule has 0 saturated carbocycles. The van der Waals surface area contributed by atoms with Gasteiger partial charge >= 0.3 is 0 Å². The van der Waals surface area contributed by atoms with Crippen LogP contribution >= 0.6 is 24.0 Å². The summed E-state index contributed by atoms with van der Waals surface area (Å²) in [6.07, 6.45) is 3.35. The van der Waals surface area contributed by atoms with E-state index in [1.54, 1.807) is 13.4 Å². The lowest BCUT2D eigenvalue weighted by molar-refractivity contribution is 0.0694. The van der Waals surface area contributed by atoms with Gasteiger partial charge in [0.05, 0.1) is 25.5 Å². The lowest BCUT2D eigenvalue weighted by Gasteiger charge is -2.38. The maximum Gasteiger partial charge on any atom is 0.191 e. The monoisotopic (exact) mass is 499 g/mol. The number of hydrogen-bond donors (Lipinski definition) is 2. The molecule has 0 fully saturated rings. The highest BCUT2D eigenvalue weighted by Gasteiger charge is 2.33. The van der Waals surface area contributed by atoms with Crippen molar-refractivity contribution in [3.63, 3.8) is 0 Å². The number of benzene rings is 1. The number of fused-ring (bicyclic) bond motifs is 1. The van der Waals surface area contributed by atoms with Gasteiger partial charge in [0.2, 0.25) is 0 Å². The smallest absolute Gasteiger partial charge is 0.191 e. The summed E-state index contributed by atoms with van der Waals surface area (Å²) in [5, 5.41) is 6.98. The number of ether oxygens (including phenoxy) is 2. The Bertz CT molecular complexity index is 747. The van der Waals surface area contributed by atoms with Gasteiger partial charge in [-0.3, -0.25) is 4.99 Å². The molecule has 2 N–H and O–H groups in total. The second kappa shape index (κ2) is 10.7. The Morgan fingerprint density at radius 1 is 1.25 bits per heavy atom. The van der Waals surface area contributed by atoms with E-state index in [0.29, 0.717) is 13.2 Å². The first kappa shape index (κ1) is 22.5. The van der Waals surface area contributed by atoms with Crippen molar-refractivity contribution < 1.29 is 13.9 Å². The molecule has 7 heteroatoms. The number of halogens is 1. The fourth-order valence-corrected chi connectivity index (χ4v) is 3.26. The summed E-state index contributed by atoms with van der Waals surface area (Å²) in [5.74, 6) is 2.66. The Balaban J connectivity index is 0.00000280. The van der Waals surface area contributed by atoms with Crippen LogP contribution in [0.4, 0.5) is 0 Å². The predicted octanol–water partition coefficient (Wildman–Crippen LogP) is 3.92. The van der Waals surface area contributed by atoms with E-state index < -0.39 is 0 Å². The van der Waals surface area contributed by atoms with Crippen LogP contribution in [-0.2, 0) is 11.2 Å². The topological polar surface area (TPSA) is 68.0 Å². The molecule has 0 aliphatic carbocycles. The third-order valence-corrected chi connectivity index (χ3v) is 4.50. The van der Waals surface area contributed by atoms with Crippen LogP contribution in [0.5, 0.6) is 5.75 Å². The zero-order chi connectivity index (χ0) is 19.1. The summed E-state index contributed by atoms with van der Waals surface area (Å²) in [6.45, 7) is 6.15. The number of nitrogens with one attached hydrogen (secondary N) is 2. The molecule has 0 amide bonds. The van der Waals surface area contributed by atoms with Crippen LogP contribution < -0.4 is 15.4 Å². The molecule has 1 aliphatic heterocycles. The quantitative estimate of drug-likeness (QED) is 0.262. The largest absolute Gasteiger partial charge is 0.487 e. The zero-order valence-electron chi connectivity index (χ0n) is 16.7. The summed E-state index contributed by atoms with van der Waals surface area (Å²) >= 11 is 0. The van der Waals surface area contributed by atoms with Crippen molar-refractivity contribution in [3.05, 3.63) is 54.0 Å². The molecule has 0 radical (unpaired) electrons. The molecule has 6 nitrogen and oxygen atoms in total. The van der Waals surface area contributed by atoms with E-state index in [1.807, 2.05) is 30.3 Å². The van der Waals surface area contributed by atoms with E-state index >= 15 is 0 Å². The highest BCUT2D eigenvalue weighted by molar-refractivity contribution is 14.0. The highest BCUT2D eigenvalue weighted by Crippen LogP contribution is 2.39. The van der Waals surface area contributed by atoms with Crippen molar-refractivity contribution in [2.45, 2.75) is 38.3 Å². The molecule has 154 valence electrons. The fourth-order valence-electron chi connectivity index (χ4n) is 3.26. The molecule has 1 aromatic heterocycles. The van der Waals surface area contributed by atoms with Crippen molar-refractivity contribution in [2.24, 2.45) is 4.99 Å². The second-order valence-electron chi connectivity index (χ2n) is 7.28. The molecule has 0 saturated heterocycles.